The van der Waals surface area contributed by atoms with E-state index in [1.165, 1.54) is 0 Å². The average molecular weight is 292 g/mol. The van der Waals surface area contributed by atoms with Crippen LogP contribution in [0.15, 0.2) is 24.3 Å². The maximum absolute atomic E-state index is 12.0. The van der Waals surface area contributed by atoms with Crippen molar-refractivity contribution in [2.45, 2.75) is 39.3 Å². The molecule has 1 aliphatic rings. The number of ether oxygens (including phenoxy) is 2. The monoisotopic (exact) mass is 292 g/mol. The van der Waals surface area contributed by atoms with Gasteiger partial charge in [-0.1, -0.05) is 20.8 Å². The number of nitrogens with one attached hydrogen (secondary N) is 1. The van der Waals surface area contributed by atoms with Crippen LogP contribution < -0.4 is 15.8 Å². The molecular weight excluding hydrogens is 268 g/mol. The van der Waals surface area contributed by atoms with Gasteiger partial charge < -0.3 is 20.5 Å². The lowest BCUT2D eigenvalue weighted by Crippen LogP contribution is -2.45. The van der Waals surface area contributed by atoms with Gasteiger partial charge in [0.1, 0.15) is 11.9 Å². The second-order valence-corrected chi connectivity index (χ2v) is 6.46. The van der Waals surface area contributed by atoms with E-state index in [2.05, 4.69) is 5.32 Å². The van der Waals surface area contributed by atoms with E-state index in [1.807, 2.05) is 45.0 Å². The number of hydrogen-bond donors (Lipinski definition) is 2. The summed E-state index contributed by atoms with van der Waals surface area (Å²) < 4.78 is 11.0. The summed E-state index contributed by atoms with van der Waals surface area (Å²) in [6, 6.07) is 6.77. The molecule has 1 saturated heterocycles. The molecule has 1 aliphatic heterocycles. The Morgan fingerprint density at radius 2 is 2.05 bits per heavy atom. The summed E-state index contributed by atoms with van der Waals surface area (Å²) in [5, 5.41) is 2.82. The lowest BCUT2D eigenvalue weighted by molar-refractivity contribution is -0.119. The molecule has 116 valence electrons. The molecule has 0 aromatic heterocycles. The molecule has 1 aromatic carbocycles. The number of anilines is 1. The third kappa shape index (κ3) is 4.44. The van der Waals surface area contributed by atoms with Gasteiger partial charge in [0.2, 0.25) is 5.91 Å². The zero-order valence-corrected chi connectivity index (χ0v) is 12.9. The number of amides is 1. The molecule has 2 atom stereocenters. The first kappa shape index (κ1) is 15.8. The molecule has 0 spiro atoms. The number of carbonyl (C=O) groups excluding carboxylic acids is 1. The van der Waals surface area contributed by atoms with Crippen molar-refractivity contribution < 1.29 is 14.3 Å². The minimum absolute atomic E-state index is 0.125. The van der Waals surface area contributed by atoms with Crippen LogP contribution >= 0.6 is 0 Å². The Labute approximate surface area is 125 Å². The van der Waals surface area contributed by atoms with Crippen molar-refractivity contribution in [2.75, 3.05) is 18.5 Å². The summed E-state index contributed by atoms with van der Waals surface area (Å²) in [7, 11) is 0. The molecule has 1 amide bonds. The van der Waals surface area contributed by atoms with Crippen LogP contribution in [0, 0.1) is 5.41 Å². The Morgan fingerprint density at radius 3 is 2.57 bits per heavy atom. The maximum Gasteiger partial charge on any atom is 0.241 e. The molecule has 0 bridgehead atoms. The number of nitrogens with two attached hydrogens (primary N) is 1. The molecule has 5 heteroatoms. The molecule has 0 radical (unpaired) electrons. The molecule has 1 unspecified atom stereocenters. The first-order chi connectivity index (χ1) is 9.86. The van der Waals surface area contributed by atoms with Gasteiger partial charge >= 0.3 is 0 Å². The van der Waals surface area contributed by atoms with Gasteiger partial charge in [-0.15, -0.1) is 0 Å². The smallest absolute Gasteiger partial charge is 0.241 e. The molecule has 21 heavy (non-hydrogen) atoms. The van der Waals surface area contributed by atoms with Gasteiger partial charge in [0.15, 0.2) is 0 Å². The standard InChI is InChI=1S/C16H24N2O3/c1-16(2,3)14(17)15(19)18-11-4-6-12(7-5-11)21-13-8-9-20-10-13/h4-7,13-14H,8-10,17H2,1-3H3,(H,18,19)/t13?,14-/m1/s1. The highest BCUT2D eigenvalue weighted by molar-refractivity contribution is 5.95. The van der Waals surface area contributed by atoms with Crippen LogP contribution in [0.25, 0.3) is 0 Å². The first-order valence-corrected chi connectivity index (χ1v) is 7.27. The summed E-state index contributed by atoms with van der Waals surface area (Å²) in [5.74, 6) is 0.601. The van der Waals surface area contributed by atoms with Crippen molar-refractivity contribution in [3.63, 3.8) is 0 Å². The minimum Gasteiger partial charge on any atom is -0.488 e. The Bertz CT molecular complexity index is 473. The largest absolute Gasteiger partial charge is 0.488 e. The Morgan fingerprint density at radius 1 is 1.38 bits per heavy atom. The third-order valence-corrected chi connectivity index (χ3v) is 3.53. The van der Waals surface area contributed by atoms with E-state index >= 15 is 0 Å². The fourth-order valence-electron chi connectivity index (χ4n) is 2.03. The van der Waals surface area contributed by atoms with E-state index < -0.39 is 6.04 Å². The second-order valence-electron chi connectivity index (χ2n) is 6.46. The highest BCUT2D eigenvalue weighted by Crippen LogP contribution is 2.21. The topological polar surface area (TPSA) is 73.6 Å². The third-order valence-electron chi connectivity index (χ3n) is 3.53. The fraction of sp³-hybridized carbons (Fsp3) is 0.562. The number of carbonyl (C=O) groups is 1. The average Bonchev–Trinajstić information content (AvgIpc) is 2.92. The number of hydrogen-bond acceptors (Lipinski definition) is 4. The zero-order valence-electron chi connectivity index (χ0n) is 12.9. The zero-order chi connectivity index (χ0) is 15.5. The Balaban J connectivity index is 1.91. The van der Waals surface area contributed by atoms with Crippen molar-refractivity contribution in [3.05, 3.63) is 24.3 Å². The molecule has 0 saturated carbocycles. The van der Waals surface area contributed by atoms with Gasteiger partial charge in [0, 0.05) is 12.1 Å². The van der Waals surface area contributed by atoms with E-state index in [0.717, 1.165) is 24.5 Å². The molecule has 5 nitrogen and oxygen atoms in total. The van der Waals surface area contributed by atoms with E-state index in [9.17, 15) is 4.79 Å². The van der Waals surface area contributed by atoms with Crippen molar-refractivity contribution >= 4 is 11.6 Å². The molecule has 0 aliphatic carbocycles. The van der Waals surface area contributed by atoms with Gasteiger partial charge in [-0.05, 0) is 29.7 Å². The molecule has 1 heterocycles. The molecule has 1 fully saturated rings. The van der Waals surface area contributed by atoms with Gasteiger partial charge in [-0.3, -0.25) is 4.79 Å². The van der Waals surface area contributed by atoms with Crippen molar-refractivity contribution in [1.29, 1.82) is 0 Å². The second kappa shape index (κ2) is 6.45. The lowest BCUT2D eigenvalue weighted by Gasteiger charge is -2.25. The number of benzene rings is 1. The Hall–Kier alpha value is -1.59. The lowest BCUT2D eigenvalue weighted by atomic mass is 9.87. The van der Waals surface area contributed by atoms with Gasteiger partial charge in [0.25, 0.3) is 0 Å². The SMILES string of the molecule is CC(C)(C)[C@H](N)C(=O)Nc1ccc(OC2CCOC2)cc1. The van der Waals surface area contributed by atoms with Crippen LogP contribution in [0.1, 0.15) is 27.2 Å². The quantitative estimate of drug-likeness (QED) is 0.892. The minimum atomic E-state index is -0.552. The van der Waals surface area contributed by atoms with E-state index in [0.29, 0.717) is 6.61 Å². The van der Waals surface area contributed by atoms with Crippen LogP contribution in [-0.2, 0) is 9.53 Å². The Kier molecular flexibility index (Phi) is 4.85. The van der Waals surface area contributed by atoms with E-state index in [1.54, 1.807) is 0 Å². The van der Waals surface area contributed by atoms with Gasteiger partial charge in [-0.25, -0.2) is 0 Å². The summed E-state index contributed by atoms with van der Waals surface area (Å²) in [5.41, 5.74) is 6.38. The first-order valence-electron chi connectivity index (χ1n) is 7.27. The van der Waals surface area contributed by atoms with Crippen molar-refractivity contribution in [3.8, 4) is 5.75 Å². The normalized spacial score (nSPS) is 20.1. The van der Waals surface area contributed by atoms with Crippen LogP contribution in [-0.4, -0.2) is 31.3 Å². The highest BCUT2D eigenvalue weighted by Gasteiger charge is 2.27. The highest BCUT2D eigenvalue weighted by atomic mass is 16.5. The molecule has 1 aromatic rings. The maximum atomic E-state index is 12.0. The van der Waals surface area contributed by atoms with Crippen molar-refractivity contribution in [1.82, 2.24) is 0 Å². The van der Waals surface area contributed by atoms with Crippen LogP contribution in [0.4, 0.5) is 5.69 Å². The summed E-state index contributed by atoms with van der Waals surface area (Å²) in [6.07, 6.45) is 1.04. The molecule has 3 N–H and O–H groups in total. The van der Waals surface area contributed by atoms with Crippen LogP contribution in [0.3, 0.4) is 0 Å². The predicted molar refractivity (Wildman–Crippen MR) is 82.4 cm³/mol. The van der Waals surface area contributed by atoms with Crippen LogP contribution in [0.2, 0.25) is 0 Å². The summed E-state index contributed by atoms with van der Waals surface area (Å²) in [6.45, 7) is 7.22. The molecular formula is C16H24N2O3. The molecule has 2 rings (SSSR count). The van der Waals surface area contributed by atoms with Gasteiger partial charge in [0.05, 0.1) is 19.3 Å². The fourth-order valence-corrected chi connectivity index (χ4v) is 2.03. The van der Waals surface area contributed by atoms with Gasteiger partial charge in [-0.2, -0.15) is 0 Å². The van der Waals surface area contributed by atoms with Crippen LogP contribution in [0.5, 0.6) is 5.75 Å². The number of rotatable bonds is 4. The van der Waals surface area contributed by atoms with E-state index in [4.69, 9.17) is 15.2 Å². The van der Waals surface area contributed by atoms with E-state index in [-0.39, 0.29) is 17.4 Å². The summed E-state index contributed by atoms with van der Waals surface area (Å²) in [4.78, 5) is 12.0. The van der Waals surface area contributed by atoms with Crippen molar-refractivity contribution in [2.24, 2.45) is 11.1 Å². The summed E-state index contributed by atoms with van der Waals surface area (Å²) >= 11 is 0. The predicted octanol–water partition coefficient (Wildman–Crippen LogP) is 2.17.